The summed E-state index contributed by atoms with van der Waals surface area (Å²) in [5.41, 5.74) is 10.0. The van der Waals surface area contributed by atoms with Crippen molar-refractivity contribution in [2.75, 3.05) is 5.01 Å². The zero-order valence-corrected chi connectivity index (χ0v) is 10.0. The first kappa shape index (κ1) is 11.1. The largest absolute Gasteiger partial charge is 0.384 e. The molecule has 16 heavy (non-hydrogen) atoms. The van der Waals surface area contributed by atoms with Crippen molar-refractivity contribution in [2.24, 2.45) is 5.73 Å². The Balaban J connectivity index is 2.17. The average Bonchev–Trinajstić information content (AvgIpc) is 2.61. The van der Waals surface area contributed by atoms with Crippen LogP contribution in [0.3, 0.4) is 0 Å². The van der Waals surface area contributed by atoms with Crippen LogP contribution in [0.25, 0.3) is 0 Å². The molecule has 0 amide bonds. The number of nitrogens with one attached hydrogen (secondary N) is 1. The number of nitrogens with zero attached hydrogens (tertiary/aromatic N) is 1. The molecule has 3 N–H and O–H groups in total. The Kier molecular flexibility index (Phi) is 3.25. The van der Waals surface area contributed by atoms with E-state index in [0.717, 1.165) is 23.6 Å². The van der Waals surface area contributed by atoms with Crippen molar-refractivity contribution >= 4 is 17.3 Å². The summed E-state index contributed by atoms with van der Waals surface area (Å²) in [6, 6.07) is 8.08. The van der Waals surface area contributed by atoms with Crippen molar-refractivity contribution in [3.05, 3.63) is 41.2 Å². The molecule has 86 valence electrons. The van der Waals surface area contributed by atoms with Crippen molar-refractivity contribution in [3.63, 3.8) is 0 Å². The third kappa shape index (κ3) is 2.25. The second-order valence-corrected chi connectivity index (χ2v) is 4.37. The first-order valence-corrected chi connectivity index (χ1v) is 5.87. The maximum Gasteiger partial charge on any atom is 0.113 e. The quantitative estimate of drug-likeness (QED) is 0.849. The molecule has 0 aliphatic carbocycles. The lowest BCUT2D eigenvalue weighted by atomic mass is 10.1. The first-order valence-electron chi connectivity index (χ1n) is 5.49. The molecule has 1 aliphatic rings. The van der Waals surface area contributed by atoms with Gasteiger partial charge in [0.05, 0.1) is 11.7 Å². The van der Waals surface area contributed by atoms with Crippen LogP contribution in [0.15, 0.2) is 36.2 Å². The molecule has 1 aromatic rings. The van der Waals surface area contributed by atoms with Gasteiger partial charge in [-0.15, -0.1) is 0 Å². The summed E-state index contributed by atoms with van der Waals surface area (Å²) in [5.74, 6) is 0.716. The van der Waals surface area contributed by atoms with Gasteiger partial charge in [-0.25, -0.2) is 0 Å². The van der Waals surface area contributed by atoms with Crippen LogP contribution < -0.4 is 16.2 Å². The summed E-state index contributed by atoms with van der Waals surface area (Å²) in [4.78, 5) is 0. The van der Waals surface area contributed by atoms with Crippen LogP contribution in [0.1, 0.15) is 19.8 Å². The average molecular weight is 238 g/mol. The molecule has 0 fully saturated rings. The predicted octanol–water partition coefficient (Wildman–Crippen LogP) is 2.63. The summed E-state index contributed by atoms with van der Waals surface area (Å²) in [7, 11) is 0. The maximum absolute atomic E-state index is 5.87. The van der Waals surface area contributed by atoms with Crippen molar-refractivity contribution in [1.82, 2.24) is 5.43 Å². The molecular weight excluding hydrogens is 222 g/mol. The van der Waals surface area contributed by atoms with Gasteiger partial charge < -0.3 is 5.73 Å². The van der Waals surface area contributed by atoms with E-state index in [1.807, 2.05) is 24.3 Å². The van der Waals surface area contributed by atoms with Gasteiger partial charge in [0, 0.05) is 5.02 Å². The third-order valence-corrected chi connectivity index (χ3v) is 2.89. The molecule has 1 unspecified atom stereocenters. The van der Waals surface area contributed by atoms with Gasteiger partial charge in [0.25, 0.3) is 0 Å². The van der Waals surface area contributed by atoms with E-state index in [2.05, 4.69) is 23.4 Å². The van der Waals surface area contributed by atoms with Crippen LogP contribution in [0.4, 0.5) is 5.69 Å². The molecule has 0 bridgehead atoms. The summed E-state index contributed by atoms with van der Waals surface area (Å²) in [6.45, 7) is 2.17. The minimum Gasteiger partial charge on any atom is -0.384 e. The Morgan fingerprint density at radius 3 is 2.69 bits per heavy atom. The van der Waals surface area contributed by atoms with Gasteiger partial charge in [-0.3, -0.25) is 10.4 Å². The van der Waals surface area contributed by atoms with Crippen LogP contribution in [0.2, 0.25) is 5.02 Å². The number of rotatable bonds is 3. The molecule has 2 rings (SSSR count). The van der Waals surface area contributed by atoms with Crippen LogP contribution in [0, 0.1) is 0 Å². The molecule has 4 heteroatoms. The van der Waals surface area contributed by atoms with Gasteiger partial charge in [-0.2, -0.15) is 0 Å². The van der Waals surface area contributed by atoms with E-state index < -0.39 is 0 Å². The fourth-order valence-corrected chi connectivity index (χ4v) is 2.03. The van der Waals surface area contributed by atoms with E-state index in [1.165, 1.54) is 0 Å². The molecule has 0 saturated carbocycles. The SMILES string of the molecule is CCCC1C=C(N)NN1c1ccc(Cl)cc1. The van der Waals surface area contributed by atoms with Gasteiger partial charge >= 0.3 is 0 Å². The lowest BCUT2D eigenvalue weighted by Gasteiger charge is -2.26. The first-order chi connectivity index (χ1) is 7.70. The zero-order chi connectivity index (χ0) is 11.5. The molecule has 0 spiro atoms. The monoisotopic (exact) mass is 237 g/mol. The van der Waals surface area contributed by atoms with Crippen molar-refractivity contribution < 1.29 is 0 Å². The molecule has 1 atom stereocenters. The highest BCUT2D eigenvalue weighted by Crippen LogP contribution is 2.24. The Bertz CT molecular complexity index is 386. The minimum atomic E-state index is 0.325. The Morgan fingerprint density at radius 1 is 1.38 bits per heavy atom. The van der Waals surface area contributed by atoms with Gasteiger partial charge in [-0.05, 0) is 36.8 Å². The highest BCUT2D eigenvalue weighted by atomic mass is 35.5. The molecule has 1 aliphatic heterocycles. The topological polar surface area (TPSA) is 41.3 Å². The third-order valence-electron chi connectivity index (χ3n) is 2.64. The van der Waals surface area contributed by atoms with Crippen LogP contribution >= 0.6 is 11.6 Å². The second-order valence-electron chi connectivity index (χ2n) is 3.94. The van der Waals surface area contributed by atoms with Crippen LogP contribution in [0.5, 0.6) is 0 Å². The Labute approximate surface area is 101 Å². The number of hydrazine groups is 1. The number of anilines is 1. The summed E-state index contributed by atoms with van der Waals surface area (Å²) < 4.78 is 0. The lowest BCUT2D eigenvalue weighted by Crippen LogP contribution is -2.39. The number of hydrogen-bond acceptors (Lipinski definition) is 3. The van der Waals surface area contributed by atoms with Gasteiger partial charge in [0.15, 0.2) is 0 Å². The van der Waals surface area contributed by atoms with Gasteiger partial charge in [0.1, 0.15) is 5.82 Å². The van der Waals surface area contributed by atoms with E-state index in [9.17, 15) is 0 Å². The van der Waals surface area contributed by atoms with Gasteiger partial charge in [0.2, 0.25) is 0 Å². The molecule has 1 aromatic carbocycles. The molecular formula is C12H16ClN3. The van der Waals surface area contributed by atoms with Crippen molar-refractivity contribution in [3.8, 4) is 0 Å². The highest BCUT2D eigenvalue weighted by Gasteiger charge is 2.22. The van der Waals surface area contributed by atoms with E-state index in [0.29, 0.717) is 11.9 Å². The Hall–Kier alpha value is -1.35. The second kappa shape index (κ2) is 4.66. The Morgan fingerprint density at radius 2 is 2.06 bits per heavy atom. The van der Waals surface area contributed by atoms with Crippen LogP contribution in [-0.2, 0) is 0 Å². The van der Waals surface area contributed by atoms with Crippen molar-refractivity contribution in [2.45, 2.75) is 25.8 Å². The smallest absolute Gasteiger partial charge is 0.113 e. The molecule has 3 nitrogen and oxygen atoms in total. The van der Waals surface area contributed by atoms with E-state index >= 15 is 0 Å². The molecule has 0 aromatic heterocycles. The van der Waals surface area contributed by atoms with Crippen LogP contribution in [-0.4, -0.2) is 6.04 Å². The van der Waals surface area contributed by atoms with Crippen molar-refractivity contribution in [1.29, 1.82) is 0 Å². The van der Waals surface area contributed by atoms with E-state index in [-0.39, 0.29) is 0 Å². The standard InChI is InChI=1S/C12H16ClN3/c1-2-3-11-8-12(14)15-16(11)10-6-4-9(13)5-7-10/h4-8,11,15H,2-3,14H2,1H3. The number of halogens is 1. The normalized spacial score (nSPS) is 19.5. The van der Waals surface area contributed by atoms with E-state index in [1.54, 1.807) is 0 Å². The minimum absolute atomic E-state index is 0.325. The summed E-state index contributed by atoms with van der Waals surface area (Å²) in [6.07, 6.45) is 4.26. The number of benzene rings is 1. The maximum atomic E-state index is 5.87. The lowest BCUT2D eigenvalue weighted by molar-refractivity contribution is 0.619. The number of hydrogen-bond donors (Lipinski definition) is 2. The molecule has 0 saturated heterocycles. The molecule has 1 heterocycles. The summed E-state index contributed by atoms with van der Waals surface area (Å²) in [5, 5.41) is 2.82. The fraction of sp³-hybridized carbons (Fsp3) is 0.333. The predicted molar refractivity (Wildman–Crippen MR) is 68.0 cm³/mol. The number of nitrogens with two attached hydrogens (primary N) is 1. The van der Waals surface area contributed by atoms with Gasteiger partial charge in [-0.1, -0.05) is 24.9 Å². The zero-order valence-electron chi connectivity index (χ0n) is 9.28. The van der Waals surface area contributed by atoms with E-state index in [4.69, 9.17) is 17.3 Å². The highest BCUT2D eigenvalue weighted by molar-refractivity contribution is 6.30. The molecule has 0 radical (unpaired) electrons. The fourth-order valence-electron chi connectivity index (χ4n) is 1.91. The summed E-state index contributed by atoms with van der Waals surface area (Å²) >= 11 is 5.87.